The molecule has 0 amide bonds. The second kappa shape index (κ2) is 9.43. The number of benzene rings is 2. The number of sulfonamides is 1. The molecule has 0 radical (unpaired) electrons. The van der Waals surface area contributed by atoms with Crippen LogP contribution in [0.2, 0.25) is 5.02 Å². The predicted octanol–water partition coefficient (Wildman–Crippen LogP) is 3.46. The fourth-order valence-corrected chi connectivity index (χ4v) is 4.37. The minimum absolute atomic E-state index is 0.0545. The summed E-state index contributed by atoms with van der Waals surface area (Å²) in [6, 6.07) is 6.11. The molecule has 1 fully saturated rings. The number of morpholine rings is 1. The Bertz CT molecular complexity index is 1100. The van der Waals surface area contributed by atoms with E-state index in [-0.39, 0.29) is 27.0 Å². The van der Waals surface area contributed by atoms with Gasteiger partial charge in [0.1, 0.15) is 5.75 Å². The van der Waals surface area contributed by atoms with Gasteiger partial charge in [-0.1, -0.05) is 11.6 Å². The fourth-order valence-electron chi connectivity index (χ4n) is 2.98. The van der Waals surface area contributed by atoms with Crippen LogP contribution < -0.4 is 14.4 Å². The molecular formula is C19H18ClF3N2O6S. The molecule has 0 atom stereocenters. The summed E-state index contributed by atoms with van der Waals surface area (Å²) in [4.78, 5) is 12.0. The molecule has 2 N–H and O–H groups in total. The SMILES string of the molecule is O=C(O)COc1ccc(S(=O)(=O)Nc2cc(C(F)(F)F)ccc2N2CCOCC2)cc1Cl. The topological polar surface area (TPSA) is 105 Å². The van der Waals surface area contributed by atoms with Crippen LogP contribution in [0.15, 0.2) is 41.3 Å². The molecular weight excluding hydrogens is 477 g/mol. The normalized spacial score (nSPS) is 14.8. The third-order valence-electron chi connectivity index (χ3n) is 4.48. The number of rotatable bonds is 7. The minimum Gasteiger partial charge on any atom is -0.480 e. The van der Waals surface area contributed by atoms with Crippen LogP contribution in [0.4, 0.5) is 24.5 Å². The smallest absolute Gasteiger partial charge is 0.416 e. The van der Waals surface area contributed by atoms with E-state index in [0.717, 1.165) is 30.3 Å². The van der Waals surface area contributed by atoms with Gasteiger partial charge in [0.2, 0.25) is 0 Å². The second-order valence-electron chi connectivity index (χ2n) is 6.71. The standard InChI is InChI=1S/C19H18ClF3N2O6S/c20-14-10-13(2-4-17(14)31-11-18(26)27)32(28,29)24-15-9-12(19(21,22)23)1-3-16(15)25-5-7-30-8-6-25/h1-4,9-10,24H,5-8,11H2,(H,26,27). The summed E-state index contributed by atoms with van der Waals surface area (Å²) < 4.78 is 77.9. The van der Waals surface area contributed by atoms with Crippen molar-refractivity contribution in [1.82, 2.24) is 0 Å². The van der Waals surface area contributed by atoms with Gasteiger partial charge in [-0.15, -0.1) is 0 Å². The molecule has 0 aliphatic carbocycles. The number of alkyl halides is 3. The van der Waals surface area contributed by atoms with Gasteiger partial charge < -0.3 is 19.5 Å². The molecule has 1 aliphatic rings. The molecule has 0 spiro atoms. The first kappa shape index (κ1) is 24.0. The fraction of sp³-hybridized carbons (Fsp3) is 0.316. The molecule has 8 nitrogen and oxygen atoms in total. The summed E-state index contributed by atoms with van der Waals surface area (Å²) in [6.45, 7) is 0.765. The van der Waals surface area contributed by atoms with Crippen LogP contribution in [-0.4, -0.2) is 52.4 Å². The van der Waals surface area contributed by atoms with Crippen LogP contribution in [0.1, 0.15) is 5.56 Å². The molecule has 32 heavy (non-hydrogen) atoms. The Kier molecular flexibility index (Phi) is 7.06. The third kappa shape index (κ3) is 5.75. The van der Waals surface area contributed by atoms with Crippen molar-refractivity contribution in [1.29, 1.82) is 0 Å². The van der Waals surface area contributed by atoms with Crippen LogP contribution in [0.5, 0.6) is 5.75 Å². The van der Waals surface area contributed by atoms with E-state index in [1.807, 2.05) is 0 Å². The van der Waals surface area contributed by atoms with E-state index in [0.29, 0.717) is 26.3 Å². The van der Waals surface area contributed by atoms with Crippen LogP contribution in [0.3, 0.4) is 0 Å². The monoisotopic (exact) mass is 494 g/mol. The molecule has 174 valence electrons. The van der Waals surface area contributed by atoms with Gasteiger partial charge in [-0.3, -0.25) is 4.72 Å². The van der Waals surface area contributed by atoms with Crippen molar-refractivity contribution < 1.29 is 41.0 Å². The minimum atomic E-state index is -4.67. The Balaban J connectivity index is 1.94. The first-order chi connectivity index (χ1) is 15.0. The Morgan fingerprint density at radius 1 is 1.19 bits per heavy atom. The summed E-state index contributed by atoms with van der Waals surface area (Å²) in [5.41, 5.74) is -0.982. The summed E-state index contributed by atoms with van der Waals surface area (Å²) in [5.74, 6) is -1.30. The zero-order valence-electron chi connectivity index (χ0n) is 16.4. The number of hydrogen-bond acceptors (Lipinski definition) is 6. The highest BCUT2D eigenvalue weighted by Crippen LogP contribution is 2.37. The van der Waals surface area contributed by atoms with Gasteiger partial charge in [0.05, 0.1) is 40.1 Å². The lowest BCUT2D eigenvalue weighted by Crippen LogP contribution is -2.36. The molecule has 1 saturated heterocycles. The Morgan fingerprint density at radius 2 is 1.88 bits per heavy atom. The molecule has 0 bridgehead atoms. The summed E-state index contributed by atoms with van der Waals surface area (Å²) in [7, 11) is -4.34. The van der Waals surface area contributed by atoms with E-state index in [1.54, 1.807) is 4.90 Å². The number of carbonyl (C=O) groups is 1. The highest BCUT2D eigenvalue weighted by atomic mass is 35.5. The summed E-state index contributed by atoms with van der Waals surface area (Å²) in [6.07, 6.45) is -4.67. The number of aliphatic carboxylic acids is 1. The first-order valence-corrected chi connectivity index (χ1v) is 11.0. The lowest BCUT2D eigenvalue weighted by molar-refractivity contribution is -0.139. The van der Waals surface area contributed by atoms with Gasteiger partial charge in [-0.05, 0) is 36.4 Å². The van der Waals surface area contributed by atoms with Crippen molar-refractivity contribution in [2.24, 2.45) is 0 Å². The van der Waals surface area contributed by atoms with E-state index in [4.69, 9.17) is 26.2 Å². The molecule has 3 rings (SSSR count). The van der Waals surface area contributed by atoms with E-state index in [9.17, 15) is 26.4 Å². The Morgan fingerprint density at radius 3 is 2.47 bits per heavy atom. The maximum absolute atomic E-state index is 13.2. The van der Waals surface area contributed by atoms with E-state index < -0.39 is 34.3 Å². The van der Waals surface area contributed by atoms with Crippen molar-refractivity contribution in [2.45, 2.75) is 11.1 Å². The number of nitrogens with zero attached hydrogens (tertiary/aromatic N) is 1. The van der Waals surface area contributed by atoms with Gasteiger partial charge in [0.25, 0.3) is 10.0 Å². The molecule has 0 unspecified atom stereocenters. The summed E-state index contributed by atoms with van der Waals surface area (Å²) in [5, 5.41) is 8.49. The van der Waals surface area contributed by atoms with E-state index in [1.165, 1.54) is 6.07 Å². The molecule has 1 heterocycles. The summed E-state index contributed by atoms with van der Waals surface area (Å²) >= 11 is 5.98. The number of nitrogens with one attached hydrogen (secondary N) is 1. The predicted molar refractivity (Wildman–Crippen MR) is 110 cm³/mol. The molecule has 1 aliphatic heterocycles. The van der Waals surface area contributed by atoms with E-state index >= 15 is 0 Å². The first-order valence-electron chi connectivity index (χ1n) is 9.18. The quantitative estimate of drug-likeness (QED) is 0.607. The van der Waals surface area contributed by atoms with Crippen LogP contribution in [0.25, 0.3) is 0 Å². The van der Waals surface area contributed by atoms with Crippen molar-refractivity contribution in [3.05, 3.63) is 47.0 Å². The molecule has 0 aromatic heterocycles. The number of ether oxygens (including phenoxy) is 2. The Hall–Kier alpha value is -2.70. The zero-order chi connectivity index (χ0) is 23.5. The number of anilines is 2. The molecule has 13 heteroatoms. The van der Waals surface area contributed by atoms with Crippen LogP contribution in [-0.2, 0) is 25.7 Å². The van der Waals surface area contributed by atoms with Gasteiger partial charge in [0, 0.05) is 13.1 Å². The van der Waals surface area contributed by atoms with Gasteiger partial charge in [0.15, 0.2) is 6.61 Å². The largest absolute Gasteiger partial charge is 0.480 e. The second-order valence-corrected chi connectivity index (χ2v) is 8.80. The molecule has 2 aromatic carbocycles. The third-order valence-corrected chi connectivity index (χ3v) is 6.14. The van der Waals surface area contributed by atoms with Gasteiger partial charge >= 0.3 is 12.1 Å². The van der Waals surface area contributed by atoms with E-state index in [2.05, 4.69) is 4.72 Å². The highest BCUT2D eigenvalue weighted by Gasteiger charge is 2.32. The lowest BCUT2D eigenvalue weighted by Gasteiger charge is -2.31. The van der Waals surface area contributed by atoms with Crippen molar-refractivity contribution in [2.75, 3.05) is 42.5 Å². The number of hydrogen-bond donors (Lipinski definition) is 2. The number of carboxylic acid groups (broad SMARTS) is 1. The van der Waals surface area contributed by atoms with Crippen molar-refractivity contribution >= 4 is 39.0 Å². The average Bonchev–Trinajstić information content (AvgIpc) is 2.72. The van der Waals surface area contributed by atoms with Crippen LogP contribution in [0, 0.1) is 0 Å². The van der Waals surface area contributed by atoms with Crippen molar-refractivity contribution in [3.8, 4) is 5.75 Å². The maximum Gasteiger partial charge on any atom is 0.416 e. The average molecular weight is 495 g/mol. The van der Waals surface area contributed by atoms with Gasteiger partial charge in [-0.25, -0.2) is 13.2 Å². The number of halogens is 4. The molecule has 0 saturated carbocycles. The van der Waals surface area contributed by atoms with Crippen molar-refractivity contribution in [3.63, 3.8) is 0 Å². The van der Waals surface area contributed by atoms with Crippen LogP contribution >= 0.6 is 11.6 Å². The lowest BCUT2D eigenvalue weighted by atomic mass is 10.1. The molecule has 2 aromatic rings. The maximum atomic E-state index is 13.2. The number of carboxylic acids is 1. The Labute approximate surface area is 186 Å². The van der Waals surface area contributed by atoms with Gasteiger partial charge in [-0.2, -0.15) is 13.2 Å². The highest BCUT2D eigenvalue weighted by molar-refractivity contribution is 7.92. The zero-order valence-corrected chi connectivity index (χ0v) is 17.9.